The maximum Gasteiger partial charge on any atom is 0.254 e. The van der Waals surface area contributed by atoms with Crippen LogP contribution in [0.3, 0.4) is 0 Å². The molecule has 0 aromatic heterocycles. The van der Waals surface area contributed by atoms with Gasteiger partial charge in [-0.25, -0.2) is 4.39 Å². The summed E-state index contributed by atoms with van der Waals surface area (Å²) in [6, 6.07) is 5.14. The van der Waals surface area contributed by atoms with E-state index in [4.69, 9.17) is 0 Å². The number of carbonyl (C=O) groups excluding carboxylic acids is 1. The second kappa shape index (κ2) is 3.57. The van der Waals surface area contributed by atoms with Gasteiger partial charge in [0.15, 0.2) is 0 Å². The first-order valence-electron chi connectivity index (χ1n) is 6.88. The van der Waals surface area contributed by atoms with E-state index in [1.54, 1.807) is 12.1 Å². The van der Waals surface area contributed by atoms with Gasteiger partial charge in [0.1, 0.15) is 5.82 Å². The Labute approximate surface area is 112 Å². The lowest BCUT2D eigenvalue weighted by Gasteiger charge is -2.31. The number of likely N-dealkylation sites (N-methyl/N-ethyl adjacent to an activating group) is 1. The predicted octanol–water partition coefficient (Wildman–Crippen LogP) is 1.88. The Kier molecular flexibility index (Phi) is 2.14. The van der Waals surface area contributed by atoms with Gasteiger partial charge in [0.2, 0.25) is 0 Å². The van der Waals surface area contributed by atoms with Gasteiger partial charge in [0.05, 0.1) is 6.04 Å². The normalized spacial score (nSPS) is 31.1. The lowest BCUT2D eigenvalue weighted by atomic mass is 9.98. The first-order valence-corrected chi connectivity index (χ1v) is 6.88. The van der Waals surface area contributed by atoms with Crippen molar-refractivity contribution in [2.45, 2.75) is 25.4 Å². The van der Waals surface area contributed by atoms with Crippen LogP contribution in [0.1, 0.15) is 28.8 Å². The van der Waals surface area contributed by atoms with E-state index >= 15 is 0 Å². The standard InChI is InChI=1S/C15H17FN2O/c1-17-13-8-18(9-15(13)5-6-15)7-11-10(14(17)19)3-2-4-12(11)16/h2-4,13H,5-9H2,1H3/t13-/m1/s1. The van der Waals surface area contributed by atoms with E-state index in [1.165, 1.54) is 18.9 Å². The fourth-order valence-corrected chi connectivity index (χ4v) is 3.83. The SMILES string of the molecule is CN1C(=O)c2cccc(F)c2CN2C[C@@H]1C1(CC1)C2. The van der Waals surface area contributed by atoms with Gasteiger partial charge in [-0.1, -0.05) is 6.07 Å². The number of rotatable bonds is 0. The molecule has 1 amide bonds. The molecule has 0 N–H and O–H groups in total. The van der Waals surface area contributed by atoms with Gasteiger partial charge in [-0.15, -0.1) is 0 Å². The van der Waals surface area contributed by atoms with Gasteiger partial charge in [-0.05, 0) is 25.0 Å². The molecule has 1 unspecified atom stereocenters. The summed E-state index contributed by atoms with van der Waals surface area (Å²) in [7, 11) is 1.87. The molecule has 1 spiro atoms. The van der Waals surface area contributed by atoms with Crippen molar-refractivity contribution in [1.29, 1.82) is 0 Å². The van der Waals surface area contributed by atoms with Crippen LogP contribution in [0, 0.1) is 11.2 Å². The highest BCUT2D eigenvalue weighted by Crippen LogP contribution is 2.55. The summed E-state index contributed by atoms with van der Waals surface area (Å²) in [5, 5.41) is 0. The Bertz CT molecular complexity index is 567. The molecule has 3 nitrogen and oxygen atoms in total. The lowest BCUT2D eigenvalue weighted by molar-refractivity contribution is 0.0684. The van der Waals surface area contributed by atoms with Crippen LogP contribution in [0.15, 0.2) is 18.2 Å². The van der Waals surface area contributed by atoms with Crippen LogP contribution in [0.5, 0.6) is 0 Å². The highest BCUT2D eigenvalue weighted by molar-refractivity contribution is 5.96. The minimum atomic E-state index is -0.255. The molecule has 1 saturated heterocycles. The third-order valence-electron chi connectivity index (χ3n) is 5.09. The zero-order chi connectivity index (χ0) is 13.2. The first kappa shape index (κ1) is 11.4. The average molecular weight is 260 g/mol. The number of fused-ring (bicyclic) bond motifs is 4. The van der Waals surface area contributed by atoms with E-state index in [-0.39, 0.29) is 11.7 Å². The molecule has 2 bridgehead atoms. The van der Waals surface area contributed by atoms with Gasteiger partial charge < -0.3 is 4.90 Å². The zero-order valence-electron chi connectivity index (χ0n) is 11.0. The molecule has 2 fully saturated rings. The number of amides is 1. The van der Waals surface area contributed by atoms with Crippen LogP contribution in [-0.4, -0.2) is 41.9 Å². The van der Waals surface area contributed by atoms with Crippen LogP contribution in [0.2, 0.25) is 0 Å². The molecule has 1 aliphatic carbocycles. The zero-order valence-corrected chi connectivity index (χ0v) is 11.0. The molecular weight excluding hydrogens is 243 g/mol. The summed E-state index contributed by atoms with van der Waals surface area (Å²) in [5.41, 5.74) is 1.40. The highest BCUT2D eigenvalue weighted by Gasteiger charge is 2.57. The molecule has 4 heteroatoms. The molecule has 2 aliphatic heterocycles. The molecule has 19 heavy (non-hydrogen) atoms. The van der Waals surface area contributed by atoms with Crippen molar-refractivity contribution in [3.05, 3.63) is 35.1 Å². The van der Waals surface area contributed by atoms with Gasteiger partial charge in [-0.3, -0.25) is 9.69 Å². The minimum Gasteiger partial charge on any atom is -0.337 e. The molecule has 1 aromatic rings. The van der Waals surface area contributed by atoms with Crippen molar-refractivity contribution in [2.75, 3.05) is 20.1 Å². The second-order valence-electron chi connectivity index (χ2n) is 6.23. The average Bonchev–Trinajstić information content (AvgIpc) is 3.05. The summed E-state index contributed by atoms with van der Waals surface area (Å²) < 4.78 is 14.0. The van der Waals surface area contributed by atoms with Crippen molar-refractivity contribution < 1.29 is 9.18 Å². The molecule has 1 saturated carbocycles. The van der Waals surface area contributed by atoms with Crippen molar-refractivity contribution in [3.63, 3.8) is 0 Å². The number of nitrogens with zero attached hydrogens (tertiary/aromatic N) is 2. The Hall–Kier alpha value is -1.42. The van der Waals surface area contributed by atoms with Crippen LogP contribution >= 0.6 is 0 Å². The topological polar surface area (TPSA) is 23.6 Å². The third kappa shape index (κ3) is 1.49. The van der Waals surface area contributed by atoms with Crippen LogP contribution in [0.4, 0.5) is 4.39 Å². The first-order chi connectivity index (χ1) is 9.11. The summed E-state index contributed by atoms with van der Waals surface area (Å²) in [4.78, 5) is 16.7. The van der Waals surface area contributed by atoms with E-state index in [0.29, 0.717) is 29.1 Å². The second-order valence-corrected chi connectivity index (χ2v) is 6.23. The van der Waals surface area contributed by atoms with Gasteiger partial charge in [0, 0.05) is 43.2 Å². The van der Waals surface area contributed by atoms with Gasteiger partial charge in [0.25, 0.3) is 5.91 Å². The quantitative estimate of drug-likeness (QED) is 0.711. The Morgan fingerprint density at radius 3 is 2.89 bits per heavy atom. The molecule has 1 aromatic carbocycles. The highest BCUT2D eigenvalue weighted by atomic mass is 19.1. The predicted molar refractivity (Wildman–Crippen MR) is 69.2 cm³/mol. The number of hydrogen-bond donors (Lipinski definition) is 0. The van der Waals surface area contributed by atoms with Crippen LogP contribution in [-0.2, 0) is 6.54 Å². The molecule has 2 atom stereocenters. The molecule has 3 aliphatic rings. The Balaban J connectivity index is 1.84. The summed E-state index contributed by atoms with van der Waals surface area (Å²) in [6.07, 6.45) is 2.40. The van der Waals surface area contributed by atoms with Crippen molar-refractivity contribution in [3.8, 4) is 0 Å². The van der Waals surface area contributed by atoms with Crippen LogP contribution < -0.4 is 0 Å². The largest absolute Gasteiger partial charge is 0.337 e. The smallest absolute Gasteiger partial charge is 0.254 e. The minimum absolute atomic E-state index is 0.0210. The third-order valence-corrected chi connectivity index (χ3v) is 5.09. The van der Waals surface area contributed by atoms with Crippen molar-refractivity contribution in [1.82, 2.24) is 9.80 Å². The number of halogens is 1. The Morgan fingerprint density at radius 1 is 1.37 bits per heavy atom. The molecule has 2 heterocycles. The summed E-state index contributed by atoms with van der Waals surface area (Å²) in [6.45, 7) is 2.46. The molecule has 100 valence electrons. The van der Waals surface area contributed by atoms with E-state index in [1.807, 2.05) is 11.9 Å². The van der Waals surface area contributed by atoms with Crippen LogP contribution in [0.25, 0.3) is 0 Å². The van der Waals surface area contributed by atoms with E-state index in [0.717, 1.165) is 13.1 Å². The summed E-state index contributed by atoms with van der Waals surface area (Å²) in [5.74, 6) is -0.276. The number of hydrogen-bond acceptors (Lipinski definition) is 2. The fraction of sp³-hybridized carbons (Fsp3) is 0.533. The van der Waals surface area contributed by atoms with Crippen molar-refractivity contribution in [2.24, 2.45) is 5.41 Å². The van der Waals surface area contributed by atoms with Crippen molar-refractivity contribution >= 4 is 5.91 Å². The number of benzene rings is 1. The maximum atomic E-state index is 14.0. The summed E-state index contributed by atoms with van der Waals surface area (Å²) >= 11 is 0. The number of carbonyl (C=O) groups is 1. The van der Waals surface area contributed by atoms with E-state index in [2.05, 4.69) is 4.90 Å². The van der Waals surface area contributed by atoms with Gasteiger partial charge in [-0.2, -0.15) is 0 Å². The van der Waals surface area contributed by atoms with Gasteiger partial charge >= 0.3 is 0 Å². The molecular formula is C15H17FN2O. The Morgan fingerprint density at radius 2 is 2.16 bits per heavy atom. The molecule has 4 rings (SSSR count). The lowest BCUT2D eigenvalue weighted by Crippen LogP contribution is -2.44. The van der Waals surface area contributed by atoms with E-state index < -0.39 is 0 Å². The maximum absolute atomic E-state index is 14.0. The monoisotopic (exact) mass is 260 g/mol. The fourth-order valence-electron chi connectivity index (χ4n) is 3.83. The van der Waals surface area contributed by atoms with E-state index in [9.17, 15) is 9.18 Å². The molecule has 0 radical (unpaired) electrons.